The summed E-state index contributed by atoms with van der Waals surface area (Å²) in [6, 6.07) is 7.11. The SMILES string of the molecule is CCCNS(=O)(=O)c1ccccc1NCC(C)C1CC1. The van der Waals surface area contributed by atoms with Crippen LogP contribution in [0.1, 0.15) is 33.1 Å². The lowest BCUT2D eigenvalue weighted by molar-refractivity contribution is 0.536. The van der Waals surface area contributed by atoms with Gasteiger partial charge in [0.2, 0.25) is 10.0 Å². The first kappa shape index (κ1) is 15.3. The predicted octanol–water partition coefficient (Wildman–Crippen LogP) is 2.83. The maximum atomic E-state index is 12.3. The van der Waals surface area contributed by atoms with Crippen molar-refractivity contribution in [3.63, 3.8) is 0 Å². The zero-order valence-electron chi connectivity index (χ0n) is 12.2. The standard InChI is InChI=1S/C15H24N2O2S/c1-3-10-17-20(18,19)15-7-5-4-6-14(15)16-11-12(2)13-8-9-13/h4-7,12-13,16-17H,3,8-11H2,1-2H3. The molecule has 0 spiro atoms. The second-order valence-electron chi connectivity index (χ2n) is 5.59. The lowest BCUT2D eigenvalue weighted by Gasteiger charge is -2.16. The molecule has 1 saturated carbocycles. The normalized spacial score (nSPS) is 16.9. The van der Waals surface area contributed by atoms with Gasteiger partial charge >= 0.3 is 0 Å². The van der Waals surface area contributed by atoms with E-state index in [0.717, 1.165) is 18.9 Å². The van der Waals surface area contributed by atoms with Gasteiger partial charge in [0.15, 0.2) is 0 Å². The average Bonchev–Trinajstić information content (AvgIpc) is 3.27. The molecule has 0 heterocycles. The van der Waals surface area contributed by atoms with Crippen LogP contribution in [-0.4, -0.2) is 21.5 Å². The molecule has 112 valence electrons. The molecule has 1 unspecified atom stereocenters. The molecule has 0 aromatic heterocycles. The number of nitrogens with one attached hydrogen (secondary N) is 2. The Kier molecular flexibility index (Phi) is 5.05. The Hall–Kier alpha value is -1.07. The fraction of sp³-hybridized carbons (Fsp3) is 0.600. The van der Waals surface area contributed by atoms with E-state index in [-0.39, 0.29) is 0 Å². The Labute approximate surface area is 122 Å². The molecule has 0 amide bonds. The third kappa shape index (κ3) is 3.96. The quantitative estimate of drug-likeness (QED) is 0.775. The van der Waals surface area contributed by atoms with Crippen LogP contribution in [0.5, 0.6) is 0 Å². The summed E-state index contributed by atoms with van der Waals surface area (Å²) in [7, 11) is -3.42. The van der Waals surface area contributed by atoms with Crippen molar-refractivity contribution in [3.05, 3.63) is 24.3 Å². The van der Waals surface area contributed by atoms with Gasteiger partial charge in [0.1, 0.15) is 4.90 Å². The Morgan fingerprint density at radius 1 is 1.30 bits per heavy atom. The minimum Gasteiger partial charge on any atom is -0.384 e. The summed E-state index contributed by atoms with van der Waals surface area (Å²) in [5.41, 5.74) is 0.698. The smallest absolute Gasteiger partial charge is 0.242 e. The molecular formula is C15H24N2O2S. The zero-order chi connectivity index (χ0) is 14.6. The van der Waals surface area contributed by atoms with Crippen LogP contribution in [0.4, 0.5) is 5.69 Å². The fourth-order valence-electron chi connectivity index (χ4n) is 2.26. The molecule has 1 aliphatic carbocycles. The Balaban J connectivity index is 2.08. The van der Waals surface area contributed by atoms with Crippen molar-refractivity contribution in [1.82, 2.24) is 4.72 Å². The highest BCUT2D eigenvalue weighted by Crippen LogP contribution is 2.36. The van der Waals surface area contributed by atoms with Crippen LogP contribution < -0.4 is 10.0 Å². The van der Waals surface area contributed by atoms with E-state index >= 15 is 0 Å². The van der Waals surface area contributed by atoms with Gasteiger partial charge in [-0.15, -0.1) is 0 Å². The van der Waals surface area contributed by atoms with E-state index in [1.54, 1.807) is 12.1 Å². The van der Waals surface area contributed by atoms with E-state index < -0.39 is 10.0 Å². The molecule has 1 aromatic carbocycles. The summed E-state index contributed by atoms with van der Waals surface area (Å²) in [5, 5.41) is 3.30. The van der Waals surface area contributed by atoms with Crippen LogP contribution in [0, 0.1) is 11.8 Å². The summed E-state index contributed by atoms with van der Waals surface area (Å²) in [6.07, 6.45) is 3.40. The van der Waals surface area contributed by atoms with Crippen LogP contribution in [0.3, 0.4) is 0 Å². The molecule has 0 saturated heterocycles. The number of benzene rings is 1. The van der Waals surface area contributed by atoms with Crippen LogP contribution in [0.15, 0.2) is 29.2 Å². The van der Waals surface area contributed by atoms with Gasteiger partial charge in [-0.25, -0.2) is 13.1 Å². The molecule has 20 heavy (non-hydrogen) atoms. The molecule has 1 atom stereocenters. The van der Waals surface area contributed by atoms with Gasteiger partial charge in [-0.05, 0) is 43.2 Å². The highest BCUT2D eigenvalue weighted by atomic mass is 32.2. The van der Waals surface area contributed by atoms with E-state index in [1.165, 1.54) is 12.8 Å². The van der Waals surface area contributed by atoms with Crippen LogP contribution >= 0.6 is 0 Å². The number of rotatable bonds is 8. The molecule has 2 rings (SSSR count). The molecule has 0 bridgehead atoms. The first-order valence-electron chi connectivity index (χ1n) is 7.37. The van der Waals surface area contributed by atoms with Gasteiger partial charge in [0, 0.05) is 13.1 Å². The number of para-hydroxylation sites is 1. The van der Waals surface area contributed by atoms with E-state index in [4.69, 9.17) is 0 Å². The van der Waals surface area contributed by atoms with E-state index in [0.29, 0.717) is 23.0 Å². The summed E-state index contributed by atoms with van der Waals surface area (Å²) < 4.78 is 27.1. The van der Waals surface area contributed by atoms with Crippen molar-refractivity contribution in [3.8, 4) is 0 Å². The maximum absolute atomic E-state index is 12.3. The Morgan fingerprint density at radius 2 is 2.00 bits per heavy atom. The van der Waals surface area contributed by atoms with Gasteiger partial charge in [-0.3, -0.25) is 0 Å². The van der Waals surface area contributed by atoms with Gasteiger partial charge < -0.3 is 5.32 Å². The molecule has 1 aliphatic rings. The van der Waals surface area contributed by atoms with Crippen molar-refractivity contribution >= 4 is 15.7 Å². The monoisotopic (exact) mass is 296 g/mol. The van der Waals surface area contributed by atoms with Gasteiger partial charge in [0.25, 0.3) is 0 Å². The molecule has 2 N–H and O–H groups in total. The molecule has 0 aliphatic heterocycles. The van der Waals surface area contributed by atoms with Crippen molar-refractivity contribution in [2.24, 2.45) is 11.8 Å². The summed E-state index contributed by atoms with van der Waals surface area (Å²) in [6.45, 7) is 5.46. The second kappa shape index (κ2) is 6.59. The van der Waals surface area contributed by atoms with E-state index in [9.17, 15) is 8.42 Å². The van der Waals surface area contributed by atoms with Gasteiger partial charge in [-0.1, -0.05) is 26.0 Å². The average molecular weight is 296 g/mol. The van der Waals surface area contributed by atoms with Crippen LogP contribution in [0.25, 0.3) is 0 Å². The van der Waals surface area contributed by atoms with Crippen molar-refractivity contribution in [2.75, 3.05) is 18.4 Å². The molecule has 1 aromatic rings. The Morgan fingerprint density at radius 3 is 2.65 bits per heavy atom. The topological polar surface area (TPSA) is 58.2 Å². The number of sulfonamides is 1. The Bertz CT molecular complexity index is 539. The molecule has 4 nitrogen and oxygen atoms in total. The van der Waals surface area contributed by atoms with Crippen molar-refractivity contribution in [2.45, 2.75) is 38.0 Å². The minimum atomic E-state index is -3.42. The van der Waals surface area contributed by atoms with Crippen LogP contribution in [0.2, 0.25) is 0 Å². The zero-order valence-corrected chi connectivity index (χ0v) is 13.0. The van der Waals surface area contributed by atoms with Crippen molar-refractivity contribution < 1.29 is 8.42 Å². The van der Waals surface area contributed by atoms with E-state index in [1.807, 2.05) is 19.1 Å². The minimum absolute atomic E-state index is 0.344. The maximum Gasteiger partial charge on any atom is 0.242 e. The number of anilines is 1. The largest absolute Gasteiger partial charge is 0.384 e. The molecule has 5 heteroatoms. The first-order chi connectivity index (χ1) is 9.54. The predicted molar refractivity (Wildman–Crippen MR) is 82.3 cm³/mol. The molecule has 1 fully saturated rings. The van der Waals surface area contributed by atoms with Gasteiger partial charge in [-0.2, -0.15) is 0 Å². The van der Waals surface area contributed by atoms with Crippen LogP contribution in [-0.2, 0) is 10.0 Å². The molecule has 0 radical (unpaired) electrons. The number of hydrogen-bond acceptors (Lipinski definition) is 3. The van der Waals surface area contributed by atoms with Gasteiger partial charge in [0.05, 0.1) is 5.69 Å². The molecular weight excluding hydrogens is 272 g/mol. The summed E-state index contributed by atoms with van der Waals surface area (Å²) >= 11 is 0. The summed E-state index contributed by atoms with van der Waals surface area (Å²) in [4.78, 5) is 0.344. The van der Waals surface area contributed by atoms with E-state index in [2.05, 4.69) is 17.0 Å². The number of hydrogen-bond donors (Lipinski definition) is 2. The second-order valence-corrected chi connectivity index (χ2v) is 7.32. The fourth-order valence-corrected chi connectivity index (χ4v) is 3.58. The van der Waals surface area contributed by atoms with Crippen molar-refractivity contribution in [1.29, 1.82) is 0 Å². The third-order valence-electron chi connectivity index (χ3n) is 3.76. The third-order valence-corrected chi connectivity index (χ3v) is 5.28. The highest BCUT2D eigenvalue weighted by molar-refractivity contribution is 7.89. The first-order valence-corrected chi connectivity index (χ1v) is 8.85. The highest BCUT2D eigenvalue weighted by Gasteiger charge is 2.28. The lowest BCUT2D eigenvalue weighted by atomic mass is 10.1. The summed E-state index contributed by atoms with van der Waals surface area (Å²) in [5.74, 6) is 1.40. The lowest BCUT2D eigenvalue weighted by Crippen LogP contribution is -2.25.